The normalized spacial score (nSPS) is 19.9. The SMILES string of the molecule is CCCCCC/C=C1\C(C(C)=O)=C(c2ccccc2)C(=O)CC1C. The van der Waals surface area contributed by atoms with E-state index in [-0.39, 0.29) is 17.5 Å². The molecule has 0 saturated heterocycles. The summed E-state index contributed by atoms with van der Waals surface area (Å²) in [4.78, 5) is 25.0. The van der Waals surface area contributed by atoms with Crippen LogP contribution in [0.1, 0.15) is 64.9 Å². The van der Waals surface area contributed by atoms with Crippen LogP contribution in [0.3, 0.4) is 0 Å². The van der Waals surface area contributed by atoms with E-state index in [2.05, 4.69) is 19.9 Å². The molecule has 0 aromatic heterocycles. The van der Waals surface area contributed by atoms with E-state index in [1.54, 1.807) is 6.92 Å². The first-order chi connectivity index (χ1) is 11.6. The van der Waals surface area contributed by atoms with Crippen molar-refractivity contribution in [2.75, 3.05) is 0 Å². The van der Waals surface area contributed by atoms with Crippen molar-refractivity contribution in [3.05, 3.63) is 53.1 Å². The molecule has 0 fully saturated rings. The number of benzene rings is 1. The zero-order valence-corrected chi connectivity index (χ0v) is 15.1. The predicted molar refractivity (Wildman–Crippen MR) is 99.7 cm³/mol. The van der Waals surface area contributed by atoms with Gasteiger partial charge in [0.05, 0.1) is 0 Å². The van der Waals surface area contributed by atoms with Crippen molar-refractivity contribution in [1.29, 1.82) is 0 Å². The van der Waals surface area contributed by atoms with Gasteiger partial charge in [-0.05, 0) is 36.8 Å². The quantitative estimate of drug-likeness (QED) is 0.617. The maximum Gasteiger partial charge on any atom is 0.164 e. The summed E-state index contributed by atoms with van der Waals surface area (Å²) in [6.45, 7) is 5.84. The minimum Gasteiger partial charge on any atom is -0.294 e. The van der Waals surface area contributed by atoms with Crippen LogP contribution in [0.25, 0.3) is 5.57 Å². The van der Waals surface area contributed by atoms with Gasteiger partial charge < -0.3 is 0 Å². The number of hydrogen-bond donors (Lipinski definition) is 0. The minimum absolute atomic E-state index is 0.00596. The average molecular weight is 324 g/mol. The van der Waals surface area contributed by atoms with Gasteiger partial charge in [-0.15, -0.1) is 0 Å². The highest BCUT2D eigenvalue weighted by Crippen LogP contribution is 2.37. The lowest BCUT2D eigenvalue weighted by Crippen LogP contribution is -2.23. The van der Waals surface area contributed by atoms with E-state index in [4.69, 9.17) is 0 Å². The number of allylic oxidation sites excluding steroid dienone is 4. The lowest BCUT2D eigenvalue weighted by Gasteiger charge is -2.26. The average Bonchev–Trinajstić information content (AvgIpc) is 2.56. The van der Waals surface area contributed by atoms with E-state index in [9.17, 15) is 9.59 Å². The van der Waals surface area contributed by atoms with Gasteiger partial charge in [0.25, 0.3) is 0 Å². The molecule has 1 atom stereocenters. The molecule has 1 aliphatic carbocycles. The van der Waals surface area contributed by atoms with Gasteiger partial charge in [-0.2, -0.15) is 0 Å². The number of ketones is 2. The number of unbranched alkanes of at least 4 members (excludes halogenated alkanes) is 4. The van der Waals surface area contributed by atoms with Crippen LogP contribution in [-0.2, 0) is 9.59 Å². The molecular weight excluding hydrogens is 296 g/mol. The van der Waals surface area contributed by atoms with E-state index in [0.717, 1.165) is 24.0 Å². The Kier molecular flexibility index (Phi) is 6.72. The first-order valence-electron chi connectivity index (χ1n) is 9.10. The smallest absolute Gasteiger partial charge is 0.164 e. The fourth-order valence-corrected chi connectivity index (χ4v) is 3.44. The Morgan fingerprint density at radius 2 is 1.88 bits per heavy atom. The molecule has 128 valence electrons. The summed E-state index contributed by atoms with van der Waals surface area (Å²) in [5.41, 5.74) is 3.18. The number of hydrogen-bond acceptors (Lipinski definition) is 2. The molecule has 2 rings (SSSR count). The zero-order chi connectivity index (χ0) is 17.5. The molecule has 1 aromatic carbocycles. The highest BCUT2D eigenvalue weighted by Gasteiger charge is 2.31. The summed E-state index contributed by atoms with van der Waals surface area (Å²) in [5.74, 6) is 0.200. The summed E-state index contributed by atoms with van der Waals surface area (Å²) < 4.78 is 0. The Balaban J connectivity index is 2.41. The third-order valence-corrected chi connectivity index (χ3v) is 4.68. The Morgan fingerprint density at radius 3 is 2.50 bits per heavy atom. The summed E-state index contributed by atoms with van der Waals surface area (Å²) in [6.07, 6.45) is 8.50. The predicted octanol–water partition coefficient (Wildman–Crippen LogP) is 5.53. The molecule has 2 nitrogen and oxygen atoms in total. The molecular formula is C22H28O2. The first-order valence-corrected chi connectivity index (χ1v) is 9.10. The van der Waals surface area contributed by atoms with Crippen molar-refractivity contribution in [3.63, 3.8) is 0 Å². The Hall–Kier alpha value is -1.96. The second kappa shape index (κ2) is 8.77. The summed E-state index contributed by atoms with van der Waals surface area (Å²) >= 11 is 0. The van der Waals surface area contributed by atoms with Crippen molar-refractivity contribution in [2.45, 2.75) is 59.3 Å². The third-order valence-electron chi connectivity index (χ3n) is 4.68. The Morgan fingerprint density at radius 1 is 1.17 bits per heavy atom. The van der Waals surface area contributed by atoms with Crippen LogP contribution in [0.5, 0.6) is 0 Å². The van der Waals surface area contributed by atoms with E-state index in [1.807, 2.05) is 30.3 Å². The first kappa shape index (κ1) is 18.4. The second-order valence-electron chi connectivity index (χ2n) is 6.71. The van der Waals surface area contributed by atoms with Gasteiger partial charge in [-0.3, -0.25) is 9.59 Å². The fourth-order valence-electron chi connectivity index (χ4n) is 3.44. The van der Waals surface area contributed by atoms with Crippen LogP contribution in [0, 0.1) is 5.92 Å². The summed E-state index contributed by atoms with van der Waals surface area (Å²) in [7, 11) is 0. The van der Waals surface area contributed by atoms with Crippen LogP contribution in [0.15, 0.2) is 47.6 Å². The third kappa shape index (κ3) is 4.31. The summed E-state index contributed by atoms with van der Waals surface area (Å²) in [6, 6.07) is 9.60. The topological polar surface area (TPSA) is 34.1 Å². The number of Topliss-reactive ketones (excluding diaryl/α,β-unsaturated/α-hetero) is 2. The van der Waals surface area contributed by atoms with Gasteiger partial charge in [-0.25, -0.2) is 0 Å². The van der Waals surface area contributed by atoms with Crippen LogP contribution in [0.4, 0.5) is 0 Å². The second-order valence-corrected chi connectivity index (χ2v) is 6.71. The molecule has 0 heterocycles. The van der Waals surface area contributed by atoms with Crippen molar-refractivity contribution >= 4 is 17.1 Å². The monoisotopic (exact) mass is 324 g/mol. The molecule has 0 saturated carbocycles. The molecule has 24 heavy (non-hydrogen) atoms. The standard InChI is InChI=1S/C22H28O2/c1-4-5-6-7-11-14-19-16(2)15-20(24)22(21(19)17(3)23)18-12-9-8-10-13-18/h8-10,12-14,16H,4-7,11,15H2,1-3H3/b19-14-. The molecule has 2 heteroatoms. The molecule has 0 bridgehead atoms. The maximum absolute atomic E-state index is 12.6. The van der Waals surface area contributed by atoms with E-state index >= 15 is 0 Å². The molecule has 1 aromatic rings. The van der Waals surface area contributed by atoms with Gasteiger partial charge in [0.15, 0.2) is 11.6 Å². The summed E-state index contributed by atoms with van der Waals surface area (Å²) in [5, 5.41) is 0. The van der Waals surface area contributed by atoms with Gasteiger partial charge >= 0.3 is 0 Å². The van der Waals surface area contributed by atoms with Crippen molar-refractivity contribution in [3.8, 4) is 0 Å². The van der Waals surface area contributed by atoms with Crippen LogP contribution in [-0.4, -0.2) is 11.6 Å². The van der Waals surface area contributed by atoms with E-state index < -0.39 is 0 Å². The largest absolute Gasteiger partial charge is 0.294 e. The van der Waals surface area contributed by atoms with Gasteiger partial charge in [0.2, 0.25) is 0 Å². The number of carbonyl (C=O) groups is 2. The number of rotatable bonds is 7. The lowest BCUT2D eigenvalue weighted by atomic mass is 9.75. The molecule has 0 amide bonds. The van der Waals surface area contributed by atoms with Crippen LogP contribution in [0.2, 0.25) is 0 Å². The molecule has 1 unspecified atom stereocenters. The molecule has 0 aliphatic heterocycles. The van der Waals surface area contributed by atoms with Crippen LogP contribution < -0.4 is 0 Å². The fraction of sp³-hybridized carbons (Fsp3) is 0.455. The Bertz CT molecular complexity index is 650. The Labute approximate surface area is 145 Å². The van der Waals surface area contributed by atoms with Crippen molar-refractivity contribution < 1.29 is 9.59 Å². The highest BCUT2D eigenvalue weighted by molar-refractivity contribution is 6.29. The molecule has 1 aliphatic rings. The van der Waals surface area contributed by atoms with Crippen molar-refractivity contribution in [2.24, 2.45) is 5.92 Å². The van der Waals surface area contributed by atoms with Gasteiger partial charge in [-0.1, -0.05) is 69.5 Å². The van der Waals surface area contributed by atoms with E-state index in [1.165, 1.54) is 19.3 Å². The maximum atomic E-state index is 12.6. The van der Waals surface area contributed by atoms with Crippen LogP contribution >= 0.6 is 0 Å². The zero-order valence-electron chi connectivity index (χ0n) is 15.1. The highest BCUT2D eigenvalue weighted by atomic mass is 16.1. The van der Waals surface area contributed by atoms with Gasteiger partial charge in [0.1, 0.15) is 0 Å². The van der Waals surface area contributed by atoms with Crippen molar-refractivity contribution in [1.82, 2.24) is 0 Å². The minimum atomic E-state index is -0.00596. The lowest BCUT2D eigenvalue weighted by molar-refractivity contribution is -0.116. The molecule has 0 N–H and O–H groups in total. The van der Waals surface area contributed by atoms with Gasteiger partial charge in [0, 0.05) is 17.6 Å². The molecule has 0 spiro atoms. The van der Waals surface area contributed by atoms with E-state index in [0.29, 0.717) is 17.6 Å². The molecule has 0 radical (unpaired) electrons. The number of carbonyl (C=O) groups excluding carboxylic acids is 2.